The zero-order valence-corrected chi connectivity index (χ0v) is 33.0. The normalized spacial score (nSPS) is 11.1. The Balaban J connectivity index is 0.00000580. The summed E-state index contributed by atoms with van der Waals surface area (Å²) < 4.78 is 93.2. The number of aromatic nitrogens is 3. The topological polar surface area (TPSA) is 377 Å². The van der Waals surface area contributed by atoms with E-state index in [-0.39, 0.29) is 75.5 Å². The molecule has 0 spiro atoms. The third kappa shape index (κ3) is 15.8. The number of nitrogens with one attached hydrogen (secondary N) is 3. The van der Waals surface area contributed by atoms with Crippen molar-refractivity contribution in [3.8, 4) is 11.4 Å². The van der Waals surface area contributed by atoms with Gasteiger partial charge in [-0.25, -0.2) is 8.42 Å². The Bertz CT molecular complexity index is 2600. The van der Waals surface area contributed by atoms with Crippen LogP contribution in [0.4, 0.5) is 40.3 Å². The lowest BCUT2D eigenvalue weighted by Gasteiger charge is -2.12. The monoisotopic (exact) mass is 903 g/mol. The largest absolute Gasteiger partial charge is 0.507 e. The van der Waals surface area contributed by atoms with Crippen LogP contribution in [-0.4, -0.2) is 102 Å². The van der Waals surface area contributed by atoms with Crippen molar-refractivity contribution in [3.63, 3.8) is 0 Å². The second-order valence-corrected chi connectivity index (χ2v) is 15.9. The molecule has 28 heteroatoms. The first-order valence-corrected chi connectivity index (χ1v) is 20.7. The molecule has 0 aliphatic rings. The van der Waals surface area contributed by atoms with Gasteiger partial charge in [0.15, 0.2) is 15.9 Å². The molecule has 0 radical (unpaired) electrons. The van der Waals surface area contributed by atoms with Crippen molar-refractivity contribution in [2.45, 2.75) is 14.7 Å². The van der Waals surface area contributed by atoms with Crippen LogP contribution in [-0.2, 0) is 39.6 Å². The fraction of sp³-hybridized carbons (Fsp3) is 0.133. The van der Waals surface area contributed by atoms with Gasteiger partial charge in [0.05, 0.1) is 34.3 Å². The minimum absolute atomic E-state index is 0. The maximum Gasteiger partial charge on any atom is 0.433 e. The summed E-state index contributed by atoms with van der Waals surface area (Å²) in [5.41, 5.74) is 2.03. The summed E-state index contributed by atoms with van der Waals surface area (Å²) in [6, 6.07) is 13.8. The first kappa shape index (κ1) is 48.6. The van der Waals surface area contributed by atoms with Crippen molar-refractivity contribution < 1.29 is 64.7 Å². The van der Waals surface area contributed by atoms with Gasteiger partial charge < -0.3 is 37.1 Å². The number of hydrogen-bond donors (Lipinski definition) is 7. The molecule has 0 atom stereocenters. The van der Waals surface area contributed by atoms with Gasteiger partial charge in [0.2, 0.25) is 17.2 Å². The van der Waals surface area contributed by atoms with Crippen LogP contribution in [0.1, 0.15) is 0 Å². The second-order valence-electron chi connectivity index (χ2n) is 10.2. The zero-order valence-electron chi connectivity index (χ0n) is 28.9. The predicted octanol–water partition coefficient (Wildman–Crippen LogP) is 2.67. The molecule has 310 valence electrons. The van der Waals surface area contributed by atoms with Crippen molar-refractivity contribution in [2.75, 3.05) is 36.1 Å². The minimum atomic E-state index is -4.94. The average molecular weight is 904 g/mol. The molecule has 0 bridgehead atoms. The highest BCUT2D eigenvalue weighted by atomic mass is 35.5. The third-order valence-electron chi connectivity index (χ3n) is 6.28. The predicted molar refractivity (Wildman–Crippen MR) is 209 cm³/mol. The quantitative estimate of drug-likeness (QED) is 0.00765. The van der Waals surface area contributed by atoms with E-state index in [4.69, 9.17) is 26.4 Å². The SMILES string of the molecule is O.O.O=S(=O)(O)OOC#CSc1cccc(Nc2nc(Cl)nc(Nc3cc(N=C=C=CO)c(S(=O)(=O)O)cc3N=Nc3ccc(S(=O)(=O)CCNCCO)cc3)n2)c1. The van der Waals surface area contributed by atoms with Crippen molar-refractivity contribution >= 4 is 99.9 Å². The molecular formula is C30H30ClN9O14S4. The van der Waals surface area contributed by atoms with Gasteiger partial charge in [-0.1, -0.05) is 6.07 Å². The Morgan fingerprint density at radius 3 is 2.24 bits per heavy atom. The standard InChI is InChI=1S/C30H26ClN9O12S4.2H2O/c31-28-36-29(34-21-3-1-4-22(17-21)53-15-14-51-52-56(48,49)50)38-30(37-28)35-24-18-26(33-9-2-12-41)27(55(45,46)47)19-25(24)40-39-20-5-7-23(8-6-20)54(43,44)16-11-32-10-13-42;;/h1,3-8,12,17-19,32,41-42H,10-11,13,16H2,(H,45,46,47)(H,48,49,50)(H2,34,35,36,37,38);2*1H2. The number of benzene rings is 3. The molecule has 0 saturated carbocycles. The Labute approximate surface area is 338 Å². The number of azo groups is 1. The van der Waals surface area contributed by atoms with Gasteiger partial charge >= 0.3 is 10.4 Å². The molecule has 58 heavy (non-hydrogen) atoms. The van der Waals surface area contributed by atoms with E-state index in [9.17, 15) is 29.8 Å². The molecule has 0 unspecified atom stereocenters. The Morgan fingerprint density at radius 2 is 1.59 bits per heavy atom. The first-order chi connectivity index (χ1) is 26.6. The van der Waals surface area contributed by atoms with Crippen molar-refractivity contribution in [1.29, 1.82) is 0 Å². The van der Waals surface area contributed by atoms with Crippen LogP contribution in [0.5, 0.6) is 0 Å². The number of sulfone groups is 1. The highest BCUT2D eigenvalue weighted by molar-refractivity contribution is 8.04. The molecule has 4 rings (SSSR count). The van der Waals surface area contributed by atoms with Gasteiger partial charge in [-0.2, -0.15) is 41.9 Å². The number of rotatable bonds is 17. The summed E-state index contributed by atoms with van der Waals surface area (Å²) in [7, 11) is -13.5. The van der Waals surface area contributed by atoms with Crippen LogP contribution >= 0.6 is 23.4 Å². The number of aliphatic hydroxyl groups is 2. The van der Waals surface area contributed by atoms with Crippen LogP contribution in [0.3, 0.4) is 0 Å². The van der Waals surface area contributed by atoms with Gasteiger partial charge in [0.1, 0.15) is 16.8 Å². The van der Waals surface area contributed by atoms with Crippen LogP contribution < -0.4 is 16.0 Å². The molecule has 4 aromatic rings. The highest BCUT2D eigenvalue weighted by Gasteiger charge is 2.21. The fourth-order valence-corrected chi connectivity index (χ4v) is 6.66. The summed E-state index contributed by atoms with van der Waals surface area (Å²) in [6.45, 7) is 0.209. The Kier molecular flexibility index (Phi) is 18.8. The molecular weight excluding hydrogens is 874 g/mol. The van der Waals surface area contributed by atoms with Gasteiger partial charge in [-0.3, -0.25) is 14.0 Å². The van der Waals surface area contributed by atoms with E-state index in [1.807, 2.05) is 6.11 Å². The lowest BCUT2D eigenvalue weighted by Crippen LogP contribution is -2.25. The lowest BCUT2D eigenvalue weighted by molar-refractivity contribution is -0.135. The first-order valence-electron chi connectivity index (χ1n) is 15.0. The summed E-state index contributed by atoms with van der Waals surface area (Å²) in [5.74, 6) is 1.64. The number of anilines is 4. The number of aliphatic hydroxyl groups excluding tert-OH is 2. The van der Waals surface area contributed by atoms with Gasteiger partial charge in [0.25, 0.3) is 10.1 Å². The summed E-state index contributed by atoms with van der Waals surface area (Å²) in [4.78, 5) is 20.0. The number of nitrogens with zero attached hydrogens (tertiary/aromatic N) is 6. The van der Waals surface area contributed by atoms with Gasteiger partial charge in [-0.15, -0.1) is 5.11 Å². The van der Waals surface area contributed by atoms with Crippen LogP contribution in [0.2, 0.25) is 5.28 Å². The second kappa shape index (κ2) is 22.4. The number of thioether (sulfide) groups is 1. The molecule has 0 fully saturated rings. The number of halogens is 1. The molecule has 0 amide bonds. The van der Waals surface area contributed by atoms with E-state index >= 15 is 0 Å². The van der Waals surface area contributed by atoms with E-state index < -0.39 is 40.9 Å². The van der Waals surface area contributed by atoms with E-state index in [0.29, 0.717) is 16.8 Å². The van der Waals surface area contributed by atoms with Gasteiger partial charge in [0, 0.05) is 34.8 Å². The molecule has 0 aliphatic heterocycles. The molecule has 0 aliphatic carbocycles. The summed E-state index contributed by atoms with van der Waals surface area (Å²) in [5, 5.41) is 36.6. The van der Waals surface area contributed by atoms with E-state index in [2.05, 4.69) is 72.2 Å². The lowest BCUT2D eigenvalue weighted by atomic mass is 10.2. The average Bonchev–Trinajstić information content (AvgIpc) is 3.12. The maximum absolute atomic E-state index is 12.7. The van der Waals surface area contributed by atoms with E-state index in [1.165, 1.54) is 24.3 Å². The van der Waals surface area contributed by atoms with E-state index in [0.717, 1.165) is 23.9 Å². The summed E-state index contributed by atoms with van der Waals surface area (Å²) in [6.07, 6.45) is 2.38. The van der Waals surface area contributed by atoms with Crippen molar-refractivity contribution in [2.24, 2.45) is 15.2 Å². The van der Waals surface area contributed by atoms with Crippen molar-refractivity contribution in [1.82, 2.24) is 20.3 Å². The minimum Gasteiger partial charge on any atom is -0.507 e. The fourth-order valence-electron chi connectivity index (χ4n) is 4.02. The van der Waals surface area contributed by atoms with Crippen LogP contribution in [0, 0.1) is 11.4 Å². The molecule has 1 heterocycles. The molecule has 23 nitrogen and oxygen atoms in total. The van der Waals surface area contributed by atoms with Crippen LogP contribution in [0.25, 0.3) is 0 Å². The molecule has 0 saturated heterocycles. The summed E-state index contributed by atoms with van der Waals surface area (Å²) >= 11 is 7.09. The number of aliphatic imine (C=N–C) groups is 1. The zero-order chi connectivity index (χ0) is 40.8. The third-order valence-corrected chi connectivity index (χ3v) is 9.98. The molecule has 1 aromatic heterocycles. The maximum atomic E-state index is 12.7. The smallest absolute Gasteiger partial charge is 0.433 e. The van der Waals surface area contributed by atoms with E-state index in [1.54, 1.807) is 24.3 Å². The Morgan fingerprint density at radius 1 is 0.879 bits per heavy atom. The van der Waals surface area contributed by atoms with Crippen LogP contribution in [0.15, 0.2) is 103 Å². The molecule has 3 aromatic carbocycles. The highest BCUT2D eigenvalue weighted by Crippen LogP contribution is 2.38. The van der Waals surface area contributed by atoms with Crippen molar-refractivity contribution in [3.05, 3.63) is 77.9 Å². The molecule has 11 N–H and O–H groups in total. The Hall–Kier alpha value is -5.53. The van der Waals surface area contributed by atoms with Gasteiger partial charge in [-0.05, 0) is 88.0 Å². The number of hydrogen-bond acceptors (Lipinski definition) is 20.